The fourth-order valence-electron chi connectivity index (χ4n) is 4.57. The molecule has 1 aromatic carbocycles. The number of aryl methyl sites for hydroxylation is 1. The summed E-state index contributed by atoms with van der Waals surface area (Å²) in [4.78, 5) is 0. The molecule has 1 heterocycles. The van der Waals surface area contributed by atoms with Crippen LogP contribution in [0.15, 0.2) is 24.3 Å². The van der Waals surface area contributed by atoms with E-state index in [-0.39, 0.29) is 18.3 Å². The van der Waals surface area contributed by atoms with E-state index < -0.39 is 0 Å². The molecule has 3 nitrogen and oxygen atoms in total. The minimum Gasteiger partial charge on any atom is -0.396 e. The highest BCUT2D eigenvalue weighted by atomic mass is 19.1. The standard InChI is InChI=1S/C20H25FN2O/c21-15-9-11-16(12-10-15)23-20(17-7-4-8-19(17)22-23)18(13-24)14-5-2-1-3-6-14/h9-12,14,18,24H,1-8,13H2. The van der Waals surface area contributed by atoms with Crippen LogP contribution >= 0.6 is 0 Å². The summed E-state index contributed by atoms with van der Waals surface area (Å²) in [5.74, 6) is 0.444. The molecule has 2 aliphatic rings. The van der Waals surface area contributed by atoms with E-state index in [1.165, 1.54) is 61.2 Å². The molecule has 1 N–H and O–H groups in total. The fraction of sp³-hybridized carbons (Fsp3) is 0.550. The number of aliphatic hydroxyl groups excluding tert-OH is 1. The van der Waals surface area contributed by atoms with Gasteiger partial charge in [0, 0.05) is 5.92 Å². The van der Waals surface area contributed by atoms with Gasteiger partial charge in [0.2, 0.25) is 0 Å². The average molecular weight is 328 g/mol. The number of halogens is 1. The van der Waals surface area contributed by atoms with Gasteiger partial charge >= 0.3 is 0 Å². The molecule has 4 rings (SSSR count). The van der Waals surface area contributed by atoms with Crippen molar-refractivity contribution in [3.63, 3.8) is 0 Å². The first-order chi connectivity index (χ1) is 11.8. The highest BCUT2D eigenvalue weighted by molar-refractivity contribution is 5.41. The molecular weight excluding hydrogens is 303 g/mol. The van der Waals surface area contributed by atoms with Crippen molar-refractivity contribution >= 4 is 0 Å². The van der Waals surface area contributed by atoms with E-state index in [4.69, 9.17) is 5.10 Å². The molecule has 0 spiro atoms. The van der Waals surface area contributed by atoms with E-state index >= 15 is 0 Å². The lowest BCUT2D eigenvalue weighted by Crippen LogP contribution is -2.23. The van der Waals surface area contributed by atoms with Crippen LogP contribution in [0.3, 0.4) is 0 Å². The van der Waals surface area contributed by atoms with Gasteiger partial charge in [-0.05, 0) is 67.9 Å². The topological polar surface area (TPSA) is 38.1 Å². The number of aliphatic hydroxyl groups is 1. The first-order valence-electron chi connectivity index (χ1n) is 9.25. The molecule has 0 amide bonds. The van der Waals surface area contributed by atoms with E-state index in [1.54, 1.807) is 12.1 Å². The maximum Gasteiger partial charge on any atom is 0.123 e. The lowest BCUT2D eigenvalue weighted by molar-refractivity contribution is 0.191. The summed E-state index contributed by atoms with van der Waals surface area (Å²) in [6.07, 6.45) is 9.42. The van der Waals surface area contributed by atoms with E-state index in [9.17, 15) is 9.50 Å². The Kier molecular flexibility index (Phi) is 4.40. The van der Waals surface area contributed by atoms with Crippen LogP contribution in [0.25, 0.3) is 5.69 Å². The normalized spacial score (nSPS) is 19.4. The van der Waals surface area contributed by atoms with Crippen LogP contribution in [0.5, 0.6) is 0 Å². The minimum absolute atomic E-state index is 0.143. The van der Waals surface area contributed by atoms with Crippen LogP contribution in [0, 0.1) is 11.7 Å². The Bertz CT molecular complexity index is 701. The Hall–Kier alpha value is -1.68. The van der Waals surface area contributed by atoms with Gasteiger partial charge in [-0.25, -0.2) is 9.07 Å². The van der Waals surface area contributed by atoms with Crippen LogP contribution in [-0.2, 0) is 12.8 Å². The van der Waals surface area contributed by atoms with Gasteiger partial charge in [-0.3, -0.25) is 0 Å². The number of fused-ring (bicyclic) bond motifs is 1. The Morgan fingerprint density at radius 3 is 2.54 bits per heavy atom. The lowest BCUT2D eigenvalue weighted by Gasteiger charge is -2.30. The monoisotopic (exact) mass is 328 g/mol. The van der Waals surface area contributed by atoms with E-state index in [1.807, 2.05) is 4.68 Å². The first kappa shape index (κ1) is 15.8. The zero-order valence-corrected chi connectivity index (χ0v) is 14.0. The molecule has 0 saturated heterocycles. The summed E-state index contributed by atoms with van der Waals surface area (Å²) >= 11 is 0. The number of aromatic nitrogens is 2. The van der Waals surface area contributed by atoms with Crippen molar-refractivity contribution in [1.82, 2.24) is 9.78 Å². The highest BCUT2D eigenvalue weighted by Crippen LogP contribution is 2.40. The molecule has 24 heavy (non-hydrogen) atoms. The second-order valence-electron chi connectivity index (χ2n) is 7.24. The van der Waals surface area contributed by atoms with Gasteiger partial charge in [0.05, 0.1) is 23.7 Å². The van der Waals surface area contributed by atoms with Gasteiger partial charge in [0.1, 0.15) is 5.82 Å². The number of benzene rings is 1. The van der Waals surface area contributed by atoms with Crippen molar-refractivity contribution in [2.24, 2.45) is 5.92 Å². The number of hydrogen-bond acceptors (Lipinski definition) is 2. The van der Waals surface area contributed by atoms with Crippen molar-refractivity contribution in [1.29, 1.82) is 0 Å². The summed E-state index contributed by atoms with van der Waals surface area (Å²) in [6, 6.07) is 6.55. The van der Waals surface area contributed by atoms with Gasteiger partial charge in [0.15, 0.2) is 0 Å². The van der Waals surface area contributed by atoms with Crippen LogP contribution < -0.4 is 0 Å². The fourth-order valence-corrected chi connectivity index (χ4v) is 4.57. The third-order valence-electron chi connectivity index (χ3n) is 5.78. The van der Waals surface area contributed by atoms with Crippen molar-refractivity contribution < 1.29 is 9.50 Å². The molecule has 1 unspecified atom stereocenters. The molecule has 2 aliphatic carbocycles. The average Bonchev–Trinajstić information content (AvgIpc) is 3.20. The molecule has 0 aliphatic heterocycles. The van der Waals surface area contributed by atoms with Crippen LogP contribution in [0.4, 0.5) is 4.39 Å². The molecule has 0 radical (unpaired) electrons. The molecule has 128 valence electrons. The van der Waals surface area contributed by atoms with Crippen LogP contribution in [0.2, 0.25) is 0 Å². The summed E-state index contributed by atoms with van der Waals surface area (Å²) in [6.45, 7) is 0.171. The van der Waals surface area contributed by atoms with Gasteiger partial charge < -0.3 is 5.11 Å². The summed E-state index contributed by atoms with van der Waals surface area (Å²) in [7, 11) is 0. The predicted molar refractivity (Wildman–Crippen MR) is 91.9 cm³/mol. The smallest absolute Gasteiger partial charge is 0.123 e. The van der Waals surface area contributed by atoms with Crippen molar-refractivity contribution in [3.05, 3.63) is 47.0 Å². The van der Waals surface area contributed by atoms with Gasteiger partial charge in [-0.1, -0.05) is 19.3 Å². The van der Waals surface area contributed by atoms with E-state index in [0.717, 1.165) is 24.9 Å². The minimum atomic E-state index is -0.231. The second kappa shape index (κ2) is 6.67. The third-order valence-corrected chi connectivity index (χ3v) is 5.78. The zero-order chi connectivity index (χ0) is 16.5. The maximum atomic E-state index is 13.3. The van der Waals surface area contributed by atoms with E-state index in [2.05, 4.69) is 0 Å². The summed E-state index contributed by atoms with van der Waals surface area (Å²) in [5, 5.41) is 15.0. The molecule has 2 aromatic rings. The number of nitrogens with zero attached hydrogens (tertiary/aromatic N) is 2. The first-order valence-corrected chi connectivity index (χ1v) is 9.25. The molecule has 1 aromatic heterocycles. The Balaban J connectivity index is 1.78. The van der Waals surface area contributed by atoms with Gasteiger partial charge in [0.25, 0.3) is 0 Å². The van der Waals surface area contributed by atoms with Gasteiger partial charge in [-0.2, -0.15) is 5.10 Å². The van der Waals surface area contributed by atoms with Crippen LogP contribution in [0.1, 0.15) is 61.4 Å². The maximum absolute atomic E-state index is 13.3. The third kappa shape index (κ3) is 2.77. The quantitative estimate of drug-likeness (QED) is 0.915. The predicted octanol–water partition coefficient (Wildman–Crippen LogP) is 4.16. The molecule has 1 saturated carbocycles. The van der Waals surface area contributed by atoms with Crippen molar-refractivity contribution in [2.45, 2.75) is 57.3 Å². The van der Waals surface area contributed by atoms with Gasteiger partial charge in [-0.15, -0.1) is 0 Å². The summed E-state index contributed by atoms with van der Waals surface area (Å²) in [5.41, 5.74) is 4.59. The zero-order valence-electron chi connectivity index (χ0n) is 14.0. The van der Waals surface area contributed by atoms with Crippen LogP contribution in [-0.4, -0.2) is 21.5 Å². The molecule has 4 heteroatoms. The Morgan fingerprint density at radius 1 is 1.08 bits per heavy atom. The van der Waals surface area contributed by atoms with Crippen molar-refractivity contribution in [3.8, 4) is 5.69 Å². The lowest BCUT2D eigenvalue weighted by atomic mass is 9.78. The Labute approximate surface area is 142 Å². The SMILES string of the molecule is OCC(c1c2c(nn1-c1ccc(F)cc1)CCC2)C1CCCCC1. The number of hydrogen-bond donors (Lipinski definition) is 1. The molecular formula is C20H25FN2O. The largest absolute Gasteiger partial charge is 0.396 e. The molecule has 1 fully saturated rings. The molecule has 1 atom stereocenters. The molecule has 0 bridgehead atoms. The second-order valence-corrected chi connectivity index (χ2v) is 7.24. The van der Waals surface area contributed by atoms with E-state index in [0.29, 0.717) is 5.92 Å². The summed E-state index contributed by atoms with van der Waals surface area (Å²) < 4.78 is 15.3. The Morgan fingerprint density at radius 2 is 1.83 bits per heavy atom. The van der Waals surface area contributed by atoms with Crippen molar-refractivity contribution in [2.75, 3.05) is 6.61 Å². The number of rotatable bonds is 4. The highest BCUT2D eigenvalue weighted by Gasteiger charge is 2.33.